The molecule has 2 aromatic heterocycles. The van der Waals surface area contributed by atoms with E-state index in [1.54, 1.807) is 29.6 Å². The summed E-state index contributed by atoms with van der Waals surface area (Å²) < 4.78 is 11.5. The van der Waals surface area contributed by atoms with Gasteiger partial charge in [-0.1, -0.05) is 20.8 Å². The second kappa shape index (κ2) is 5.85. The molecule has 0 radical (unpaired) electrons. The number of rotatable bonds is 3. The standard InChI is InChI=1S/C14H19N5OS/c1-14(2,3)10-6-8-15-12(17-10)19(4)11-7-9-16-13(18-11)21(5)20/h6-9H,1-5H3. The molecule has 2 rings (SSSR count). The molecule has 2 heterocycles. The van der Waals surface area contributed by atoms with Gasteiger partial charge in [-0.25, -0.2) is 19.9 Å². The fourth-order valence-electron chi connectivity index (χ4n) is 1.69. The Morgan fingerprint density at radius 3 is 2.38 bits per heavy atom. The third-order valence-corrected chi connectivity index (χ3v) is 3.64. The first-order valence-corrected chi connectivity index (χ1v) is 8.08. The third kappa shape index (κ3) is 3.60. The van der Waals surface area contributed by atoms with Crippen LogP contribution in [0.2, 0.25) is 0 Å². The number of aromatic nitrogens is 4. The van der Waals surface area contributed by atoms with Gasteiger partial charge in [-0.3, -0.25) is 9.11 Å². The molecule has 0 saturated heterocycles. The lowest BCUT2D eigenvalue weighted by Gasteiger charge is -2.21. The Balaban J connectivity index is 2.38. The highest BCUT2D eigenvalue weighted by Crippen LogP contribution is 2.23. The quantitative estimate of drug-likeness (QED) is 0.808. The molecule has 0 saturated carbocycles. The van der Waals surface area contributed by atoms with Crippen LogP contribution in [0.25, 0.3) is 0 Å². The van der Waals surface area contributed by atoms with Crippen molar-refractivity contribution in [3.63, 3.8) is 0 Å². The fraction of sp³-hybridized carbons (Fsp3) is 0.429. The highest BCUT2D eigenvalue weighted by molar-refractivity contribution is 7.84. The summed E-state index contributed by atoms with van der Waals surface area (Å²) in [6, 6.07) is 3.65. The van der Waals surface area contributed by atoms with Gasteiger partial charge in [0.1, 0.15) is 5.82 Å². The van der Waals surface area contributed by atoms with E-state index in [-0.39, 0.29) is 5.41 Å². The Bertz CT molecular complexity index is 668. The van der Waals surface area contributed by atoms with E-state index >= 15 is 0 Å². The van der Waals surface area contributed by atoms with Crippen LogP contribution in [0, 0.1) is 0 Å². The maximum absolute atomic E-state index is 11.5. The SMILES string of the molecule is CN(c1ccnc(S(C)=O)n1)c1nccc(C(C)(C)C)n1. The van der Waals surface area contributed by atoms with E-state index < -0.39 is 10.8 Å². The molecule has 7 heteroatoms. The van der Waals surface area contributed by atoms with Gasteiger partial charge in [0.15, 0.2) is 0 Å². The average molecular weight is 305 g/mol. The van der Waals surface area contributed by atoms with E-state index in [0.717, 1.165) is 5.69 Å². The molecule has 112 valence electrons. The molecule has 2 aromatic rings. The van der Waals surface area contributed by atoms with Crippen molar-refractivity contribution in [3.8, 4) is 0 Å². The lowest BCUT2D eigenvalue weighted by atomic mass is 9.92. The summed E-state index contributed by atoms with van der Waals surface area (Å²) >= 11 is 0. The first kappa shape index (κ1) is 15.5. The second-order valence-electron chi connectivity index (χ2n) is 5.70. The molecule has 0 bridgehead atoms. The summed E-state index contributed by atoms with van der Waals surface area (Å²) in [5, 5.41) is 0.298. The topological polar surface area (TPSA) is 71.9 Å². The van der Waals surface area contributed by atoms with Gasteiger partial charge in [-0.05, 0) is 12.1 Å². The summed E-state index contributed by atoms with van der Waals surface area (Å²) in [6.07, 6.45) is 4.87. The van der Waals surface area contributed by atoms with E-state index in [0.29, 0.717) is 16.9 Å². The zero-order valence-corrected chi connectivity index (χ0v) is 13.7. The molecule has 0 amide bonds. The second-order valence-corrected chi connectivity index (χ2v) is 6.98. The summed E-state index contributed by atoms with van der Waals surface area (Å²) in [6.45, 7) is 6.30. The Labute approximate surface area is 127 Å². The smallest absolute Gasteiger partial charge is 0.231 e. The van der Waals surface area contributed by atoms with Gasteiger partial charge >= 0.3 is 0 Å². The normalized spacial score (nSPS) is 13.0. The van der Waals surface area contributed by atoms with Gasteiger partial charge in [-0.2, -0.15) is 0 Å². The predicted octanol–water partition coefficient (Wildman–Crippen LogP) is 2.07. The van der Waals surface area contributed by atoms with Gasteiger partial charge < -0.3 is 0 Å². The number of hydrogen-bond donors (Lipinski definition) is 0. The molecular weight excluding hydrogens is 286 g/mol. The summed E-state index contributed by atoms with van der Waals surface area (Å²) in [5.74, 6) is 1.16. The maximum Gasteiger partial charge on any atom is 0.231 e. The van der Waals surface area contributed by atoms with Crippen LogP contribution in [0.15, 0.2) is 29.7 Å². The summed E-state index contributed by atoms with van der Waals surface area (Å²) in [5.41, 5.74) is 0.896. The molecule has 0 aliphatic carbocycles. The average Bonchev–Trinajstić information content (AvgIpc) is 2.46. The Kier molecular flexibility index (Phi) is 4.32. The van der Waals surface area contributed by atoms with E-state index in [4.69, 9.17) is 0 Å². The van der Waals surface area contributed by atoms with Crippen molar-refractivity contribution in [2.75, 3.05) is 18.2 Å². The van der Waals surface area contributed by atoms with Crippen LogP contribution in [0.4, 0.5) is 11.8 Å². The van der Waals surface area contributed by atoms with Crippen LogP contribution in [-0.4, -0.2) is 37.4 Å². The minimum Gasteiger partial charge on any atom is -0.298 e. The minimum absolute atomic E-state index is 0.0553. The van der Waals surface area contributed by atoms with Crippen LogP contribution >= 0.6 is 0 Å². The molecule has 21 heavy (non-hydrogen) atoms. The first-order chi connectivity index (χ1) is 9.79. The summed E-state index contributed by atoms with van der Waals surface area (Å²) in [7, 11) is 0.606. The molecule has 0 N–H and O–H groups in total. The number of anilines is 2. The van der Waals surface area contributed by atoms with E-state index in [9.17, 15) is 4.21 Å². The highest BCUT2D eigenvalue weighted by Gasteiger charge is 2.18. The lowest BCUT2D eigenvalue weighted by Crippen LogP contribution is -2.19. The highest BCUT2D eigenvalue weighted by atomic mass is 32.2. The van der Waals surface area contributed by atoms with Gasteiger partial charge in [0, 0.05) is 31.1 Å². The van der Waals surface area contributed by atoms with Crippen molar-refractivity contribution in [1.29, 1.82) is 0 Å². The molecule has 1 unspecified atom stereocenters. The third-order valence-electron chi connectivity index (χ3n) is 2.93. The van der Waals surface area contributed by atoms with Crippen LogP contribution in [0.1, 0.15) is 26.5 Å². The maximum atomic E-state index is 11.5. The molecule has 0 aliphatic rings. The van der Waals surface area contributed by atoms with Gasteiger partial charge in [0.2, 0.25) is 11.1 Å². The Hall–Kier alpha value is -1.89. The van der Waals surface area contributed by atoms with E-state index in [1.807, 2.05) is 13.1 Å². The Morgan fingerprint density at radius 1 is 1.10 bits per heavy atom. The Morgan fingerprint density at radius 2 is 1.76 bits per heavy atom. The molecular formula is C14H19N5OS. The van der Waals surface area contributed by atoms with Gasteiger partial charge in [-0.15, -0.1) is 0 Å². The molecule has 0 fully saturated rings. The van der Waals surface area contributed by atoms with E-state index in [1.165, 1.54) is 0 Å². The van der Waals surface area contributed by atoms with Gasteiger partial charge in [0.25, 0.3) is 0 Å². The summed E-state index contributed by atoms with van der Waals surface area (Å²) in [4.78, 5) is 18.9. The van der Waals surface area contributed by atoms with Crippen LogP contribution in [0.3, 0.4) is 0 Å². The van der Waals surface area contributed by atoms with Crippen LogP contribution < -0.4 is 4.90 Å². The molecule has 0 aromatic carbocycles. The predicted molar refractivity (Wildman–Crippen MR) is 83.2 cm³/mol. The zero-order valence-electron chi connectivity index (χ0n) is 12.9. The fourth-order valence-corrected chi connectivity index (χ4v) is 2.12. The molecule has 1 atom stereocenters. The van der Waals surface area contributed by atoms with Crippen molar-refractivity contribution < 1.29 is 4.21 Å². The zero-order chi connectivity index (χ0) is 15.6. The molecule has 0 aliphatic heterocycles. The minimum atomic E-state index is -1.22. The van der Waals surface area contributed by atoms with Crippen molar-refractivity contribution in [2.45, 2.75) is 31.3 Å². The first-order valence-electron chi connectivity index (χ1n) is 6.53. The van der Waals surface area contributed by atoms with Crippen molar-refractivity contribution >= 4 is 22.6 Å². The van der Waals surface area contributed by atoms with E-state index in [2.05, 4.69) is 40.7 Å². The largest absolute Gasteiger partial charge is 0.298 e. The van der Waals surface area contributed by atoms with Crippen molar-refractivity contribution in [3.05, 3.63) is 30.2 Å². The monoisotopic (exact) mass is 305 g/mol. The van der Waals surface area contributed by atoms with Crippen LogP contribution in [-0.2, 0) is 16.2 Å². The molecule has 0 spiro atoms. The number of nitrogens with zero attached hydrogens (tertiary/aromatic N) is 5. The number of hydrogen-bond acceptors (Lipinski definition) is 6. The molecule has 6 nitrogen and oxygen atoms in total. The van der Waals surface area contributed by atoms with Gasteiger partial charge in [0.05, 0.1) is 16.5 Å². The lowest BCUT2D eigenvalue weighted by molar-refractivity contribution is 0.567. The van der Waals surface area contributed by atoms with Crippen molar-refractivity contribution in [2.24, 2.45) is 0 Å². The van der Waals surface area contributed by atoms with Crippen molar-refractivity contribution in [1.82, 2.24) is 19.9 Å². The van der Waals surface area contributed by atoms with Crippen LogP contribution in [0.5, 0.6) is 0 Å².